The third-order valence-corrected chi connectivity index (χ3v) is 2.87. The largest absolute Gasteiger partial charge is 0.506 e. The standard InChI is InChI=1S/C12H13N3O4/c1-2-9-11(18)14-10(17)6-15(9)12(19)7-3-8(16)5-13-4-7/h3-5,9,16H,2,6H2,1H3,(H,14,17,18). The molecule has 0 bridgehead atoms. The molecular formula is C12H13N3O4. The van der Waals surface area contributed by atoms with Crippen molar-refractivity contribution in [1.82, 2.24) is 15.2 Å². The third kappa shape index (κ3) is 2.54. The van der Waals surface area contributed by atoms with E-state index in [-0.39, 0.29) is 17.9 Å². The van der Waals surface area contributed by atoms with Crippen molar-refractivity contribution in [3.05, 3.63) is 24.0 Å². The lowest BCUT2D eigenvalue weighted by molar-refractivity contribution is -0.138. The Morgan fingerprint density at radius 1 is 1.53 bits per heavy atom. The Labute approximate surface area is 109 Å². The molecule has 1 unspecified atom stereocenters. The Bertz CT molecular complexity index is 544. The number of imide groups is 1. The first kappa shape index (κ1) is 13.0. The number of nitrogens with zero attached hydrogens (tertiary/aromatic N) is 2. The van der Waals surface area contributed by atoms with E-state index in [0.717, 1.165) is 0 Å². The first-order chi connectivity index (χ1) is 9.02. The van der Waals surface area contributed by atoms with E-state index in [9.17, 15) is 19.5 Å². The predicted octanol–water partition coefficient (Wildman–Crippen LogP) is -0.336. The lowest BCUT2D eigenvalue weighted by atomic mass is 10.1. The van der Waals surface area contributed by atoms with Gasteiger partial charge in [-0.2, -0.15) is 0 Å². The van der Waals surface area contributed by atoms with Gasteiger partial charge in [-0.3, -0.25) is 24.7 Å². The summed E-state index contributed by atoms with van der Waals surface area (Å²) in [6.07, 6.45) is 2.88. The predicted molar refractivity (Wildman–Crippen MR) is 64.2 cm³/mol. The van der Waals surface area contributed by atoms with Crippen LogP contribution in [0.5, 0.6) is 5.75 Å². The zero-order valence-corrected chi connectivity index (χ0v) is 10.3. The second kappa shape index (κ2) is 5.05. The van der Waals surface area contributed by atoms with Crippen molar-refractivity contribution in [2.75, 3.05) is 6.54 Å². The van der Waals surface area contributed by atoms with E-state index in [4.69, 9.17) is 0 Å². The molecule has 100 valence electrons. The van der Waals surface area contributed by atoms with E-state index >= 15 is 0 Å². The molecule has 0 spiro atoms. The van der Waals surface area contributed by atoms with Crippen LogP contribution in [0.2, 0.25) is 0 Å². The molecule has 0 saturated carbocycles. The van der Waals surface area contributed by atoms with Gasteiger partial charge in [0, 0.05) is 6.20 Å². The molecule has 3 amide bonds. The fourth-order valence-corrected chi connectivity index (χ4v) is 2.00. The van der Waals surface area contributed by atoms with Gasteiger partial charge in [-0.05, 0) is 12.5 Å². The number of aromatic hydroxyl groups is 1. The zero-order chi connectivity index (χ0) is 14.0. The molecule has 0 aliphatic carbocycles. The van der Waals surface area contributed by atoms with Gasteiger partial charge in [0.25, 0.3) is 5.91 Å². The smallest absolute Gasteiger partial charge is 0.256 e. The minimum absolute atomic E-state index is 0.140. The molecule has 1 aromatic heterocycles. The zero-order valence-electron chi connectivity index (χ0n) is 10.3. The summed E-state index contributed by atoms with van der Waals surface area (Å²) in [6, 6.07) is 0.562. The number of hydrogen-bond donors (Lipinski definition) is 2. The van der Waals surface area contributed by atoms with E-state index < -0.39 is 23.8 Å². The maximum absolute atomic E-state index is 12.3. The third-order valence-electron chi connectivity index (χ3n) is 2.87. The molecule has 2 heterocycles. The van der Waals surface area contributed by atoms with Crippen molar-refractivity contribution < 1.29 is 19.5 Å². The molecular weight excluding hydrogens is 250 g/mol. The number of pyridine rings is 1. The van der Waals surface area contributed by atoms with Crippen LogP contribution in [-0.2, 0) is 9.59 Å². The molecule has 19 heavy (non-hydrogen) atoms. The van der Waals surface area contributed by atoms with Gasteiger partial charge in [-0.15, -0.1) is 0 Å². The van der Waals surface area contributed by atoms with Crippen molar-refractivity contribution in [3.8, 4) is 5.75 Å². The summed E-state index contributed by atoms with van der Waals surface area (Å²) >= 11 is 0. The highest BCUT2D eigenvalue weighted by Gasteiger charge is 2.35. The average molecular weight is 263 g/mol. The normalized spacial score (nSPS) is 19.2. The van der Waals surface area contributed by atoms with Gasteiger partial charge >= 0.3 is 0 Å². The lowest BCUT2D eigenvalue weighted by Gasteiger charge is -2.33. The van der Waals surface area contributed by atoms with E-state index in [0.29, 0.717) is 6.42 Å². The van der Waals surface area contributed by atoms with Crippen molar-refractivity contribution in [2.24, 2.45) is 0 Å². The van der Waals surface area contributed by atoms with Crippen LogP contribution in [-0.4, -0.2) is 45.3 Å². The Balaban J connectivity index is 2.30. The second-order valence-corrected chi connectivity index (χ2v) is 4.20. The van der Waals surface area contributed by atoms with Gasteiger partial charge in [0.05, 0.1) is 11.8 Å². The topological polar surface area (TPSA) is 99.6 Å². The van der Waals surface area contributed by atoms with Gasteiger partial charge in [-0.1, -0.05) is 6.92 Å². The summed E-state index contributed by atoms with van der Waals surface area (Å²) in [5, 5.41) is 11.5. The molecule has 1 fully saturated rings. The van der Waals surface area contributed by atoms with Crippen molar-refractivity contribution in [2.45, 2.75) is 19.4 Å². The lowest BCUT2D eigenvalue weighted by Crippen LogP contribution is -2.59. The van der Waals surface area contributed by atoms with Crippen molar-refractivity contribution in [3.63, 3.8) is 0 Å². The van der Waals surface area contributed by atoms with Gasteiger partial charge in [0.1, 0.15) is 18.3 Å². The molecule has 7 nitrogen and oxygen atoms in total. The van der Waals surface area contributed by atoms with E-state index in [1.165, 1.54) is 23.4 Å². The van der Waals surface area contributed by atoms with Crippen LogP contribution >= 0.6 is 0 Å². The van der Waals surface area contributed by atoms with Crippen LogP contribution in [0, 0.1) is 0 Å². The Kier molecular flexibility index (Phi) is 3.46. The molecule has 7 heteroatoms. The minimum Gasteiger partial charge on any atom is -0.506 e. The Morgan fingerprint density at radius 3 is 2.89 bits per heavy atom. The molecule has 0 radical (unpaired) electrons. The molecule has 0 aromatic carbocycles. The number of carbonyl (C=O) groups is 3. The van der Waals surface area contributed by atoms with Crippen molar-refractivity contribution in [1.29, 1.82) is 0 Å². The molecule has 1 atom stereocenters. The highest BCUT2D eigenvalue weighted by Crippen LogP contribution is 2.16. The first-order valence-corrected chi connectivity index (χ1v) is 5.81. The maximum Gasteiger partial charge on any atom is 0.256 e. The van der Waals surface area contributed by atoms with Gasteiger partial charge in [0.15, 0.2) is 0 Å². The average Bonchev–Trinajstić information content (AvgIpc) is 2.37. The summed E-state index contributed by atoms with van der Waals surface area (Å²) in [5.41, 5.74) is 0.140. The molecule has 1 saturated heterocycles. The van der Waals surface area contributed by atoms with Gasteiger partial charge < -0.3 is 10.0 Å². The van der Waals surface area contributed by atoms with Crippen molar-refractivity contribution >= 4 is 17.7 Å². The number of hydrogen-bond acceptors (Lipinski definition) is 5. The fourth-order valence-electron chi connectivity index (χ4n) is 2.00. The SMILES string of the molecule is CCC1C(=O)NC(=O)CN1C(=O)c1cncc(O)c1. The van der Waals surface area contributed by atoms with Crippen LogP contribution in [0.4, 0.5) is 0 Å². The quantitative estimate of drug-likeness (QED) is 0.711. The summed E-state index contributed by atoms with van der Waals surface area (Å²) in [5.74, 6) is -1.65. The Morgan fingerprint density at radius 2 is 2.26 bits per heavy atom. The van der Waals surface area contributed by atoms with E-state index in [1.807, 2.05) is 0 Å². The number of rotatable bonds is 2. The molecule has 2 N–H and O–H groups in total. The second-order valence-electron chi connectivity index (χ2n) is 4.20. The monoisotopic (exact) mass is 263 g/mol. The number of carbonyl (C=O) groups excluding carboxylic acids is 3. The minimum atomic E-state index is -0.687. The summed E-state index contributed by atoms with van der Waals surface area (Å²) in [7, 11) is 0. The fraction of sp³-hybridized carbons (Fsp3) is 0.333. The molecule has 2 rings (SSSR count). The molecule has 1 aromatic rings. The Hall–Kier alpha value is -2.44. The number of aromatic nitrogens is 1. The van der Waals surface area contributed by atoms with Gasteiger partial charge in [0.2, 0.25) is 11.8 Å². The highest BCUT2D eigenvalue weighted by atomic mass is 16.3. The van der Waals surface area contributed by atoms with Crippen LogP contribution in [0.15, 0.2) is 18.5 Å². The summed E-state index contributed by atoms with van der Waals surface area (Å²) in [4.78, 5) is 40.2. The van der Waals surface area contributed by atoms with Crippen LogP contribution in [0.3, 0.4) is 0 Å². The van der Waals surface area contributed by atoms with E-state index in [2.05, 4.69) is 10.3 Å². The number of piperazine rings is 1. The summed E-state index contributed by atoms with van der Waals surface area (Å²) in [6.45, 7) is 1.57. The molecule has 1 aliphatic rings. The van der Waals surface area contributed by atoms with Crippen LogP contribution < -0.4 is 5.32 Å². The molecule has 1 aliphatic heterocycles. The number of amides is 3. The first-order valence-electron chi connectivity index (χ1n) is 5.81. The summed E-state index contributed by atoms with van der Waals surface area (Å²) < 4.78 is 0. The number of nitrogens with one attached hydrogen (secondary N) is 1. The maximum atomic E-state index is 12.3. The van der Waals surface area contributed by atoms with Crippen LogP contribution in [0.1, 0.15) is 23.7 Å². The van der Waals surface area contributed by atoms with Crippen LogP contribution in [0.25, 0.3) is 0 Å². The van der Waals surface area contributed by atoms with Gasteiger partial charge in [-0.25, -0.2) is 0 Å². The highest BCUT2D eigenvalue weighted by molar-refractivity contribution is 6.07. The van der Waals surface area contributed by atoms with E-state index in [1.54, 1.807) is 6.92 Å².